The molecule has 24 heavy (non-hydrogen) atoms. The van der Waals surface area contributed by atoms with E-state index in [1.54, 1.807) is 25.1 Å². The van der Waals surface area contributed by atoms with E-state index in [2.05, 4.69) is 0 Å². The largest absolute Gasteiger partial charge is 0.481 e. The molecule has 1 aromatic carbocycles. The second-order valence-electron chi connectivity index (χ2n) is 6.47. The summed E-state index contributed by atoms with van der Waals surface area (Å²) in [6, 6.07) is 4.97. The topological polar surface area (TPSA) is 95.0 Å². The number of carbonyl (C=O) groups is 4. The Kier molecular flexibility index (Phi) is 3.87. The Morgan fingerprint density at radius 3 is 2.46 bits per heavy atom. The third kappa shape index (κ3) is 2.55. The van der Waals surface area contributed by atoms with Crippen LogP contribution in [-0.2, 0) is 9.59 Å². The number of amides is 3. The van der Waals surface area contributed by atoms with Gasteiger partial charge in [-0.05, 0) is 25.0 Å². The van der Waals surface area contributed by atoms with Crippen LogP contribution in [0.2, 0.25) is 0 Å². The first-order valence-electron chi connectivity index (χ1n) is 7.77. The molecule has 0 bridgehead atoms. The van der Waals surface area contributed by atoms with E-state index in [1.807, 2.05) is 6.92 Å². The first-order chi connectivity index (χ1) is 11.3. The van der Waals surface area contributed by atoms with Crippen LogP contribution in [-0.4, -0.2) is 58.2 Å². The molecule has 2 aliphatic heterocycles. The quantitative estimate of drug-likeness (QED) is 0.826. The molecule has 0 aromatic heterocycles. The molecular weight excluding hydrogens is 312 g/mol. The van der Waals surface area contributed by atoms with E-state index in [0.717, 1.165) is 10.5 Å². The number of nitrogens with zero attached hydrogens (tertiary/aromatic N) is 2. The zero-order valence-electron chi connectivity index (χ0n) is 13.5. The van der Waals surface area contributed by atoms with E-state index >= 15 is 0 Å². The van der Waals surface area contributed by atoms with Crippen LogP contribution in [0.4, 0.5) is 0 Å². The number of benzene rings is 1. The van der Waals surface area contributed by atoms with Gasteiger partial charge in [0.15, 0.2) is 0 Å². The number of imide groups is 1. The van der Waals surface area contributed by atoms with Crippen LogP contribution < -0.4 is 0 Å². The molecule has 3 amide bonds. The Bertz CT molecular complexity index is 757. The van der Waals surface area contributed by atoms with Crippen molar-refractivity contribution in [2.75, 3.05) is 19.6 Å². The lowest BCUT2D eigenvalue weighted by Crippen LogP contribution is -2.42. The molecule has 2 aliphatic rings. The second kappa shape index (κ2) is 5.74. The molecule has 1 fully saturated rings. The number of fused-ring (bicyclic) bond motifs is 1. The number of aliphatic carboxylic acids is 1. The lowest BCUT2D eigenvalue weighted by atomic mass is 9.99. The fourth-order valence-electron chi connectivity index (χ4n) is 3.28. The Labute approximate surface area is 138 Å². The summed E-state index contributed by atoms with van der Waals surface area (Å²) in [5, 5.41) is 9.14. The number of likely N-dealkylation sites (tertiary alicyclic amines) is 1. The number of carbonyl (C=O) groups excluding carboxylic acids is 3. The van der Waals surface area contributed by atoms with Gasteiger partial charge in [-0.3, -0.25) is 24.1 Å². The van der Waals surface area contributed by atoms with E-state index in [1.165, 1.54) is 4.90 Å². The molecular formula is C17H18N2O5. The van der Waals surface area contributed by atoms with Crippen LogP contribution in [0, 0.1) is 18.8 Å². The Morgan fingerprint density at radius 2 is 1.83 bits per heavy atom. The monoisotopic (exact) mass is 330 g/mol. The fraction of sp³-hybridized carbons (Fsp3) is 0.412. The van der Waals surface area contributed by atoms with Crippen molar-refractivity contribution < 1.29 is 24.3 Å². The number of rotatable bonds is 3. The van der Waals surface area contributed by atoms with Crippen LogP contribution >= 0.6 is 0 Å². The predicted octanol–water partition coefficient (Wildman–Crippen LogP) is 0.770. The van der Waals surface area contributed by atoms with Gasteiger partial charge in [-0.25, -0.2) is 0 Å². The number of hydrogen-bond acceptors (Lipinski definition) is 4. The van der Waals surface area contributed by atoms with Crippen molar-refractivity contribution in [1.82, 2.24) is 9.80 Å². The summed E-state index contributed by atoms with van der Waals surface area (Å²) in [5.41, 5.74) is 1.48. The minimum atomic E-state index is -0.936. The van der Waals surface area contributed by atoms with Gasteiger partial charge in [0.2, 0.25) is 5.91 Å². The van der Waals surface area contributed by atoms with E-state index in [9.17, 15) is 19.2 Å². The minimum absolute atomic E-state index is 0.109. The fourth-order valence-corrected chi connectivity index (χ4v) is 3.28. The summed E-state index contributed by atoms with van der Waals surface area (Å²) in [6.45, 7) is 3.67. The maximum absolute atomic E-state index is 12.4. The van der Waals surface area contributed by atoms with Gasteiger partial charge >= 0.3 is 5.97 Å². The molecule has 2 atom stereocenters. The highest BCUT2D eigenvalue weighted by Crippen LogP contribution is 2.26. The summed E-state index contributed by atoms with van der Waals surface area (Å²) in [7, 11) is 0. The third-order valence-electron chi connectivity index (χ3n) is 4.70. The molecule has 3 rings (SSSR count). The molecule has 0 saturated carbocycles. The molecule has 1 N–H and O–H groups in total. The Balaban J connectivity index is 1.73. The molecule has 1 saturated heterocycles. The summed E-state index contributed by atoms with van der Waals surface area (Å²) < 4.78 is 0. The van der Waals surface area contributed by atoms with Crippen LogP contribution in [0.15, 0.2) is 18.2 Å². The SMILES string of the molecule is Cc1ccc2c(c1)C(=O)N(CC(=O)N1C[C@@H](C)[C@H](C(=O)O)C1)C2=O. The molecule has 7 heteroatoms. The standard InChI is InChI=1S/C17H18N2O5/c1-9-3-4-11-12(5-9)16(22)19(15(11)21)8-14(20)18-6-10(2)13(7-18)17(23)24/h3-5,10,13H,6-8H2,1-2H3,(H,23,24)/t10-,13-/m1/s1. The average molecular weight is 330 g/mol. The maximum Gasteiger partial charge on any atom is 0.308 e. The minimum Gasteiger partial charge on any atom is -0.481 e. The van der Waals surface area contributed by atoms with Crippen molar-refractivity contribution in [1.29, 1.82) is 0 Å². The van der Waals surface area contributed by atoms with Crippen molar-refractivity contribution >= 4 is 23.7 Å². The van der Waals surface area contributed by atoms with Crippen molar-refractivity contribution in [3.05, 3.63) is 34.9 Å². The highest BCUT2D eigenvalue weighted by Gasteiger charge is 2.41. The van der Waals surface area contributed by atoms with Gasteiger partial charge in [0.1, 0.15) is 6.54 Å². The van der Waals surface area contributed by atoms with Crippen molar-refractivity contribution in [3.63, 3.8) is 0 Å². The predicted molar refractivity (Wildman–Crippen MR) is 83.4 cm³/mol. The Hall–Kier alpha value is -2.70. The van der Waals surface area contributed by atoms with Gasteiger partial charge in [-0.1, -0.05) is 18.6 Å². The van der Waals surface area contributed by atoms with Crippen LogP contribution in [0.3, 0.4) is 0 Å². The highest BCUT2D eigenvalue weighted by molar-refractivity contribution is 6.22. The molecule has 0 spiro atoms. The number of aryl methyl sites for hydroxylation is 1. The summed E-state index contributed by atoms with van der Waals surface area (Å²) in [6.07, 6.45) is 0. The lowest BCUT2D eigenvalue weighted by Gasteiger charge is -2.20. The van der Waals surface area contributed by atoms with Crippen LogP contribution in [0.25, 0.3) is 0 Å². The highest BCUT2D eigenvalue weighted by atomic mass is 16.4. The summed E-state index contributed by atoms with van der Waals surface area (Å²) in [5.74, 6) is -3.07. The third-order valence-corrected chi connectivity index (χ3v) is 4.70. The first-order valence-corrected chi connectivity index (χ1v) is 7.77. The Morgan fingerprint density at radius 1 is 1.17 bits per heavy atom. The lowest BCUT2D eigenvalue weighted by molar-refractivity contribution is -0.142. The van der Waals surface area contributed by atoms with Gasteiger partial charge < -0.3 is 10.0 Å². The van der Waals surface area contributed by atoms with Gasteiger partial charge in [-0.2, -0.15) is 0 Å². The van der Waals surface area contributed by atoms with E-state index in [4.69, 9.17) is 5.11 Å². The van der Waals surface area contributed by atoms with E-state index < -0.39 is 29.6 Å². The summed E-state index contributed by atoms with van der Waals surface area (Å²) in [4.78, 5) is 50.6. The van der Waals surface area contributed by atoms with Gasteiger partial charge in [-0.15, -0.1) is 0 Å². The molecule has 126 valence electrons. The van der Waals surface area contributed by atoms with Gasteiger partial charge in [0, 0.05) is 13.1 Å². The smallest absolute Gasteiger partial charge is 0.308 e. The normalized spacial score (nSPS) is 22.9. The second-order valence-corrected chi connectivity index (χ2v) is 6.47. The number of hydrogen-bond donors (Lipinski definition) is 1. The zero-order chi connectivity index (χ0) is 17.6. The molecule has 0 radical (unpaired) electrons. The number of carboxylic acids is 1. The average Bonchev–Trinajstić information content (AvgIpc) is 3.02. The molecule has 7 nitrogen and oxygen atoms in total. The molecule has 0 aliphatic carbocycles. The molecule has 0 unspecified atom stereocenters. The van der Waals surface area contributed by atoms with Crippen LogP contribution in [0.1, 0.15) is 33.2 Å². The number of carboxylic acid groups (broad SMARTS) is 1. The van der Waals surface area contributed by atoms with Crippen molar-refractivity contribution in [2.45, 2.75) is 13.8 Å². The summed E-state index contributed by atoms with van der Waals surface area (Å²) >= 11 is 0. The van der Waals surface area contributed by atoms with E-state index in [0.29, 0.717) is 17.7 Å². The maximum atomic E-state index is 12.4. The van der Waals surface area contributed by atoms with Gasteiger partial charge in [0.05, 0.1) is 17.0 Å². The van der Waals surface area contributed by atoms with Gasteiger partial charge in [0.25, 0.3) is 11.8 Å². The van der Waals surface area contributed by atoms with Crippen LogP contribution in [0.5, 0.6) is 0 Å². The molecule has 2 heterocycles. The van der Waals surface area contributed by atoms with Crippen molar-refractivity contribution in [3.8, 4) is 0 Å². The van der Waals surface area contributed by atoms with Crippen molar-refractivity contribution in [2.24, 2.45) is 11.8 Å². The first kappa shape index (κ1) is 16.2. The van der Waals surface area contributed by atoms with E-state index in [-0.39, 0.29) is 19.0 Å². The zero-order valence-corrected chi connectivity index (χ0v) is 13.5. The molecule has 1 aromatic rings.